The Hall–Kier alpha value is -3.77. The lowest BCUT2D eigenvalue weighted by Crippen LogP contribution is -2.33. The lowest BCUT2D eigenvalue weighted by atomic mass is 10.1. The van der Waals surface area contributed by atoms with Gasteiger partial charge in [0.15, 0.2) is 33.8 Å². The molecule has 0 aliphatic heterocycles. The monoisotopic (exact) mass is 636 g/mol. The van der Waals surface area contributed by atoms with Crippen molar-refractivity contribution in [2.24, 2.45) is 0 Å². The zero-order valence-corrected chi connectivity index (χ0v) is 24.2. The van der Waals surface area contributed by atoms with Gasteiger partial charge in [-0.2, -0.15) is 0 Å². The fourth-order valence-corrected chi connectivity index (χ4v) is 5.44. The Labute approximate surface area is 253 Å². The van der Waals surface area contributed by atoms with Gasteiger partial charge in [0.1, 0.15) is 12.2 Å². The summed E-state index contributed by atoms with van der Waals surface area (Å²) < 4.78 is 34.0. The van der Waals surface area contributed by atoms with Crippen LogP contribution < -0.4 is 15.5 Å². The number of rotatable bonds is 12. The Morgan fingerprint density at radius 3 is 2.50 bits per heavy atom. The molecule has 14 nitrogen and oxygen atoms in total. The highest BCUT2D eigenvalue weighted by Gasteiger charge is 2.45. The van der Waals surface area contributed by atoms with Gasteiger partial charge in [-0.15, -0.1) is 5.10 Å². The van der Waals surface area contributed by atoms with Gasteiger partial charge < -0.3 is 45.2 Å². The largest absolute Gasteiger partial charge is 0.545 e. The maximum atomic E-state index is 13.7. The first-order valence-corrected chi connectivity index (χ1v) is 14.7. The van der Waals surface area contributed by atoms with E-state index in [9.17, 15) is 38.8 Å². The second-order valence-electron chi connectivity index (χ2n) is 10.1. The van der Waals surface area contributed by atoms with E-state index in [4.69, 9.17) is 9.84 Å². The summed E-state index contributed by atoms with van der Waals surface area (Å²) in [4.78, 5) is 28.1. The molecule has 238 valence electrons. The molecule has 0 spiro atoms. The molecular formula is C27H30F2N6O8S-2. The fourth-order valence-electron chi connectivity index (χ4n) is 4.75. The van der Waals surface area contributed by atoms with Gasteiger partial charge in [0.05, 0.1) is 37.3 Å². The number of ether oxygens (including phenoxy) is 1. The molecule has 6 atom stereocenters. The third-order valence-corrected chi connectivity index (χ3v) is 7.97. The van der Waals surface area contributed by atoms with Gasteiger partial charge in [-0.25, -0.2) is 23.4 Å². The van der Waals surface area contributed by atoms with Crippen LogP contribution in [0.15, 0.2) is 35.5 Å². The van der Waals surface area contributed by atoms with E-state index in [0.29, 0.717) is 39.9 Å². The minimum Gasteiger partial charge on any atom is -0.545 e. The number of hydrogen-bond acceptors (Lipinski definition) is 14. The van der Waals surface area contributed by atoms with Crippen LogP contribution >= 0.6 is 11.8 Å². The van der Waals surface area contributed by atoms with Crippen LogP contribution in [0.5, 0.6) is 0 Å². The number of nitrogens with one attached hydrogen (secondary N) is 1. The molecule has 2 aromatic heterocycles. The number of aliphatic hydroxyl groups is 3. The molecule has 44 heavy (non-hydrogen) atoms. The molecule has 2 aliphatic carbocycles. The molecule has 1 aromatic carbocycles. The molecule has 2 fully saturated rings. The standard InChI is InChI=1S/C23H28F2N6O4S.C4H4O4/c1-2-7-36-23-27-21(26-15-9-12(15)11-3-4-13(24)14(25)8-11)18-22(28-23)31(30-29-18)16-10-17(35-6-5-32)20(34)19(16)33;5-3(6)1-2-4(7)8/h3-4,8,12,15-17,19-20,32-34H,2,5-7,9-10H2,1H3,(H,26,27,28);1-2H,(H,5,6)(H,7,8)/p-2/b;2-1+/t12-,15+,16+,17-,19-,20+;/m0./s1. The molecule has 2 heterocycles. The number of halogens is 2. The molecule has 2 aliphatic rings. The maximum absolute atomic E-state index is 13.7. The maximum Gasteiger partial charge on any atom is 0.191 e. The van der Waals surface area contributed by atoms with E-state index in [2.05, 4.69) is 32.5 Å². The average Bonchev–Trinajstić information content (AvgIpc) is 3.53. The minimum atomic E-state index is -1.55. The van der Waals surface area contributed by atoms with Gasteiger partial charge in [0.25, 0.3) is 0 Å². The first-order valence-electron chi connectivity index (χ1n) is 13.7. The van der Waals surface area contributed by atoms with Crippen LogP contribution in [0.4, 0.5) is 14.6 Å². The summed E-state index contributed by atoms with van der Waals surface area (Å²) in [5.41, 5.74) is 1.53. The van der Waals surface area contributed by atoms with Gasteiger partial charge >= 0.3 is 0 Å². The number of benzene rings is 1. The highest BCUT2D eigenvalue weighted by Crippen LogP contribution is 2.44. The number of hydrogen-bond donors (Lipinski definition) is 4. The third-order valence-electron chi connectivity index (χ3n) is 6.91. The van der Waals surface area contributed by atoms with Crippen molar-refractivity contribution in [2.45, 2.75) is 67.7 Å². The Kier molecular flexibility index (Phi) is 11.1. The Bertz CT molecular complexity index is 1490. The van der Waals surface area contributed by atoms with Crippen LogP contribution in [0.25, 0.3) is 11.2 Å². The number of carbonyl (C=O) groups excluding carboxylic acids is 2. The van der Waals surface area contributed by atoms with E-state index in [1.165, 1.54) is 22.5 Å². The van der Waals surface area contributed by atoms with Crippen LogP contribution in [-0.2, 0) is 14.3 Å². The SMILES string of the molecule is CCCSc1nc(N[C@@H]2C[C@H]2c2ccc(F)c(F)c2)c2nnn([C@@H]3C[C@H](OCCO)[C@@H](O)[C@H]3O)c2n1.O=C([O-])/C=C/C(=O)[O-]. The van der Waals surface area contributed by atoms with Crippen LogP contribution in [0.2, 0.25) is 0 Å². The van der Waals surface area contributed by atoms with Crippen molar-refractivity contribution in [2.75, 3.05) is 24.3 Å². The number of fused-ring (bicyclic) bond motifs is 1. The normalized spacial score (nSPS) is 24.3. The van der Waals surface area contributed by atoms with Gasteiger partial charge in [-0.05, 0) is 42.7 Å². The summed E-state index contributed by atoms with van der Waals surface area (Å²) in [6.45, 7) is 1.91. The first-order chi connectivity index (χ1) is 21.0. The lowest BCUT2D eigenvalue weighted by Gasteiger charge is -2.17. The van der Waals surface area contributed by atoms with Crippen molar-refractivity contribution >= 4 is 40.7 Å². The zero-order chi connectivity index (χ0) is 32.0. The third kappa shape index (κ3) is 8.03. The molecule has 5 rings (SSSR count). The highest BCUT2D eigenvalue weighted by molar-refractivity contribution is 7.99. The molecule has 0 radical (unpaired) electrons. The van der Waals surface area contributed by atoms with E-state index < -0.39 is 47.9 Å². The van der Waals surface area contributed by atoms with E-state index in [0.717, 1.165) is 24.7 Å². The number of carboxylic acids is 2. The van der Waals surface area contributed by atoms with Crippen molar-refractivity contribution < 1.29 is 48.6 Å². The van der Waals surface area contributed by atoms with Crippen molar-refractivity contribution in [1.82, 2.24) is 25.0 Å². The lowest BCUT2D eigenvalue weighted by molar-refractivity contribution is -0.301. The molecule has 4 N–H and O–H groups in total. The van der Waals surface area contributed by atoms with Gasteiger partial charge in [-0.1, -0.05) is 30.0 Å². The van der Waals surface area contributed by atoms with Gasteiger partial charge in [0.2, 0.25) is 0 Å². The van der Waals surface area contributed by atoms with Crippen LogP contribution in [0.1, 0.15) is 43.7 Å². The molecule has 17 heteroatoms. The van der Waals surface area contributed by atoms with Crippen molar-refractivity contribution in [3.63, 3.8) is 0 Å². The van der Waals surface area contributed by atoms with E-state index in [-0.39, 0.29) is 31.6 Å². The summed E-state index contributed by atoms with van der Waals surface area (Å²) >= 11 is 1.48. The van der Waals surface area contributed by atoms with E-state index in [1.807, 2.05) is 0 Å². The second kappa shape index (κ2) is 14.8. The summed E-state index contributed by atoms with van der Waals surface area (Å²) in [5.74, 6) is -3.57. The Morgan fingerprint density at radius 2 is 1.86 bits per heavy atom. The van der Waals surface area contributed by atoms with E-state index >= 15 is 0 Å². The first kappa shape index (κ1) is 33.1. The predicted molar refractivity (Wildman–Crippen MR) is 147 cm³/mol. The molecule has 0 saturated heterocycles. The molecule has 3 aromatic rings. The second-order valence-corrected chi connectivity index (χ2v) is 11.1. The number of aliphatic hydroxyl groups excluding tert-OH is 3. The number of aromatic nitrogens is 5. The average molecular weight is 637 g/mol. The number of thioether (sulfide) groups is 1. The molecule has 2 saturated carbocycles. The summed E-state index contributed by atoms with van der Waals surface area (Å²) in [5, 5.41) is 61.4. The quantitative estimate of drug-likeness (QED) is 0.107. The Balaban J connectivity index is 0.000000488. The molecule has 0 unspecified atom stereocenters. The van der Waals surface area contributed by atoms with E-state index in [1.54, 1.807) is 6.07 Å². The smallest absolute Gasteiger partial charge is 0.191 e. The number of nitrogens with zero attached hydrogens (tertiary/aromatic N) is 5. The summed E-state index contributed by atoms with van der Waals surface area (Å²) in [7, 11) is 0. The number of aliphatic carboxylic acids is 2. The molecular weight excluding hydrogens is 606 g/mol. The Morgan fingerprint density at radius 1 is 1.14 bits per heavy atom. The number of carboxylic acid groups (broad SMARTS) is 2. The predicted octanol–water partition coefficient (Wildman–Crippen LogP) is -0.944. The van der Waals surface area contributed by atoms with Crippen LogP contribution in [0.3, 0.4) is 0 Å². The zero-order valence-electron chi connectivity index (χ0n) is 23.4. The molecule has 0 bridgehead atoms. The van der Waals surface area contributed by atoms with Crippen LogP contribution in [0, 0.1) is 11.6 Å². The molecule has 0 amide bonds. The minimum absolute atomic E-state index is 0.00291. The summed E-state index contributed by atoms with van der Waals surface area (Å²) in [6, 6.07) is 3.26. The van der Waals surface area contributed by atoms with Gasteiger partial charge in [0, 0.05) is 24.1 Å². The van der Waals surface area contributed by atoms with Crippen molar-refractivity contribution in [3.8, 4) is 0 Å². The van der Waals surface area contributed by atoms with Gasteiger partial charge in [-0.3, -0.25) is 0 Å². The number of carbonyl (C=O) groups is 2. The van der Waals surface area contributed by atoms with Crippen molar-refractivity contribution in [3.05, 3.63) is 47.5 Å². The fraction of sp³-hybridized carbons (Fsp3) is 0.481. The number of anilines is 1. The summed E-state index contributed by atoms with van der Waals surface area (Å²) in [6.07, 6.45) is -0.274. The highest BCUT2D eigenvalue weighted by atomic mass is 32.2. The van der Waals surface area contributed by atoms with Crippen LogP contribution in [-0.4, -0.2) is 95.5 Å². The topological polar surface area (TPSA) is 219 Å². The van der Waals surface area contributed by atoms with Crippen molar-refractivity contribution in [1.29, 1.82) is 0 Å².